The number of nitrogens with zero attached hydrogens (tertiary/aromatic N) is 1. The van der Waals surface area contributed by atoms with E-state index in [1.807, 2.05) is 6.92 Å². The molecule has 3 rings (SSSR count). The Morgan fingerprint density at radius 2 is 1.88 bits per heavy atom. The van der Waals surface area contributed by atoms with E-state index in [0.29, 0.717) is 5.92 Å². The second-order valence-electron chi connectivity index (χ2n) is 4.29. The lowest BCUT2D eigenvalue weighted by atomic mass is 9.81. The zero-order valence-electron chi connectivity index (χ0n) is 9.09. The lowest BCUT2D eigenvalue weighted by Gasteiger charge is -2.48. The first-order valence-corrected chi connectivity index (χ1v) is 5.27. The molecule has 3 saturated heterocycles. The van der Waals surface area contributed by atoms with Crippen LogP contribution in [0.15, 0.2) is 0 Å². The number of rotatable bonds is 1. The highest BCUT2D eigenvalue weighted by Crippen LogP contribution is 2.34. The molecule has 16 heavy (non-hydrogen) atoms. The maximum atomic E-state index is 11.0. The number of aliphatic carboxylic acids is 1. The van der Waals surface area contributed by atoms with E-state index < -0.39 is 11.9 Å². The summed E-state index contributed by atoms with van der Waals surface area (Å²) in [6.07, 6.45) is 1.76. The third kappa shape index (κ3) is 2.30. The van der Waals surface area contributed by atoms with Crippen LogP contribution >= 0.6 is 12.4 Å². The lowest BCUT2D eigenvalue weighted by molar-refractivity contribution is -0.177. The Bertz CT molecular complexity index is 287. The third-order valence-corrected chi connectivity index (χ3v) is 3.51. The molecule has 0 radical (unpaired) electrons. The fraction of sp³-hybridized carbons (Fsp3) is 0.800. The molecular weight excluding hydrogens is 234 g/mol. The number of piperidine rings is 3. The Labute approximate surface area is 100 Å². The average molecular weight is 250 g/mol. The summed E-state index contributed by atoms with van der Waals surface area (Å²) in [4.78, 5) is 23.6. The van der Waals surface area contributed by atoms with E-state index in [0.717, 1.165) is 25.9 Å². The molecular formula is C10H16ClNO4. The smallest absolute Gasteiger partial charge is 0.417 e. The highest BCUT2D eigenvalue weighted by atomic mass is 35.5. The fourth-order valence-electron chi connectivity index (χ4n) is 2.63. The molecule has 2 atom stereocenters. The molecule has 92 valence electrons. The standard InChI is InChI=1S/C10H15NO4.ClH/c1-6-8(15-10(14)9(12)13)7-2-4-11(6)5-3-7;/h6-8H,2-5H2,1H3,(H,12,13);1H. The van der Waals surface area contributed by atoms with Crippen LogP contribution in [-0.2, 0) is 14.3 Å². The number of esters is 1. The summed E-state index contributed by atoms with van der Waals surface area (Å²) in [5.41, 5.74) is 0. The number of carbonyl (C=O) groups excluding carboxylic acids is 1. The minimum atomic E-state index is -1.50. The van der Waals surface area contributed by atoms with Crippen molar-refractivity contribution in [1.82, 2.24) is 4.90 Å². The van der Waals surface area contributed by atoms with Crippen LogP contribution < -0.4 is 0 Å². The fourth-order valence-corrected chi connectivity index (χ4v) is 2.63. The molecule has 3 fully saturated rings. The minimum absolute atomic E-state index is 0. The van der Waals surface area contributed by atoms with E-state index in [-0.39, 0.29) is 24.6 Å². The summed E-state index contributed by atoms with van der Waals surface area (Å²) in [7, 11) is 0. The van der Waals surface area contributed by atoms with Crippen LogP contribution in [0, 0.1) is 5.92 Å². The van der Waals surface area contributed by atoms with Gasteiger partial charge in [-0.3, -0.25) is 4.90 Å². The monoisotopic (exact) mass is 249 g/mol. The van der Waals surface area contributed by atoms with Crippen molar-refractivity contribution in [3.63, 3.8) is 0 Å². The van der Waals surface area contributed by atoms with Gasteiger partial charge in [-0.25, -0.2) is 9.59 Å². The maximum absolute atomic E-state index is 11.0. The molecule has 3 heterocycles. The molecule has 3 aliphatic rings. The Morgan fingerprint density at radius 3 is 2.31 bits per heavy atom. The number of carbonyl (C=O) groups is 2. The van der Waals surface area contributed by atoms with Crippen LogP contribution in [0.2, 0.25) is 0 Å². The van der Waals surface area contributed by atoms with Gasteiger partial charge in [0.1, 0.15) is 6.10 Å². The van der Waals surface area contributed by atoms with Gasteiger partial charge in [0.15, 0.2) is 0 Å². The normalized spacial score (nSPS) is 36.3. The number of carboxylic acids is 1. The van der Waals surface area contributed by atoms with Gasteiger partial charge in [-0.1, -0.05) is 0 Å². The first-order valence-electron chi connectivity index (χ1n) is 5.27. The zero-order valence-corrected chi connectivity index (χ0v) is 9.90. The minimum Gasteiger partial charge on any atom is -0.473 e. The Hall–Kier alpha value is -0.810. The predicted octanol–water partition coefficient (Wildman–Crippen LogP) is 0.519. The summed E-state index contributed by atoms with van der Waals surface area (Å²) >= 11 is 0. The predicted molar refractivity (Wildman–Crippen MR) is 58.5 cm³/mol. The molecule has 0 spiro atoms. The number of halogens is 1. The van der Waals surface area contributed by atoms with Crippen molar-refractivity contribution in [3.05, 3.63) is 0 Å². The second-order valence-corrected chi connectivity index (χ2v) is 4.29. The van der Waals surface area contributed by atoms with Gasteiger partial charge in [0.25, 0.3) is 0 Å². The second kappa shape index (κ2) is 5.01. The summed E-state index contributed by atoms with van der Waals surface area (Å²) in [5.74, 6) is -2.28. The molecule has 2 unspecified atom stereocenters. The molecule has 0 aromatic heterocycles. The van der Waals surface area contributed by atoms with Crippen molar-refractivity contribution in [2.75, 3.05) is 13.1 Å². The molecule has 3 aliphatic heterocycles. The number of hydrogen-bond donors (Lipinski definition) is 1. The van der Waals surface area contributed by atoms with Gasteiger partial charge in [-0.05, 0) is 38.8 Å². The molecule has 0 aromatic carbocycles. The Balaban J connectivity index is 0.00000128. The van der Waals surface area contributed by atoms with Gasteiger partial charge in [0, 0.05) is 6.04 Å². The molecule has 2 bridgehead atoms. The maximum Gasteiger partial charge on any atom is 0.417 e. The van der Waals surface area contributed by atoms with Gasteiger partial charge in [-0.15, -0.1) is 12.4 Å². The molecule has 1 N–H and O–H groups in total. The van der Waals surface area contributed by atoms with Crippen LogP contribution in [0.3, 0.4) is 0 Å². The largest absolute Gasteiger partial charge is 0.473 e. The van der Waals surface area contributed by atoms with E-state index >= 15 is 0 Å². The van der Waals surface area contributed by atoms with Gasteiger partial charge < -0.3 is 9.84 Å². The van der Waals surface area contributed by atoms with Crippen molar-refractivity contribution in [3.8, 4) is 0 Å². The Morgan fingerprint density at radius 1 is 1.31 bits per heavy atom. The quantitative estimate of drug-likeness (QED) is 0.542. The Kier molecular flexibility index (Phi) is 4.15. The average Bonchev–Trinajstić information content (AvgIpc) is 2.23. The first-order chi connectivity index (χ1) is 7.09. The van der Waals surface area contributed by atoms with Crippen molar-refractivity contribution in [2.24, 2.45) is 5.92 Å². The molecule has 0 aliphatic carbocycles. The molecule has 0 aromatic rings. The van der Waals surface area contributed by atoms with E-state index in [4.69, 9.17) is 9.84 Å². The van der Waals surface area contributed by atoms with Crippen molar-refractivity contribution in [2.45, 2.75) is 31.9 Å². The lowest BCUT2D eigenvalue weighted by Crippen LogP contribution is -2.58. The van der Waals surface area contributed by atoms with Crippen molar-refractivity contribution >= 4 is 24.3 Å². The zero-order chi connectivity index (χ0) is 11.0. The summed E-state index contributed by atoms with van der Waals surface area (Å²) in [6, 6.07) is 0.154. The van der Waals surface area contributed by atoms with Crippen LogP contribution in [0.25, 0.3) is 0 Å². The number of ether oxygens (including phenoxy) is 1. The van der Waals surface area contributed by atoms with Gasteiger partial charge in [-0.2, -0.15) is 0 Å². The summed E-state index contributed by atoms with van der Waals surface area (Å²) in [5, 5.41) is 8.48. The highest BCUT2D eigenvalue weighted by molar-refractivity contribution is 6.28. The summed E-state index contributed by atoms with van der Waals surface area (Å²) in [6.45, 7) is 4.06. The van der Waals surface area contributed by atoms with Gasteiger partial charge in [0.05, 0.1) is 0 Å². The topological polar surface area (TPSA) is 66.8 Å². The van der Waals surface area contributed by atoms with E-state index in [1.54, 1.807) is 0 Å². The molecule has 6 heteroatoms. The van der Waals surface area contributed by atoms with Crippen LogP contribution in [0.1, 0.15) is 19.8 Å². The molecule has 0 amide bonds. The van der Waals surface area contributed by atoms with Crippen molar-refractivity contribution in [1.29, 1.82) is 0 Å². The SMILES string of the molecule is CC1C(OC(=O)C(=O)O)C2CCN1CC2.Cl. The third-order valence-electron chi connectivity index (χ3n) is 3.51. The number of fused-ring (bicyclic) bond motifs is 3. The molecule has 0 saturated carbocycles. The van der Waals surface area contributed by atoms with Crippen LogP contribution in [-0.4, -0.2) is 47.2 Å². The molecule has 5 nitrogen and oxygen atoms in total. The number of carboxylic acid groups (broad SMARTS) is 1. The van der Waals surface area contributed by atoms with Crippen molar-refractivity contribution < 1.29 is 19.4 Å². The van der Waals surface area contributed by atoms with Gasteiger partial charge >= 0.3 is 11.9 Å². The number of hydrogen-bond acceptors (Lipinski definition) is 4. The summed E-state index contributed by atoms with van der Waals surface area (Å²) < 4.78 is 5.02. The highest BCUT2D eigenvalue weighted by Gasteiger charge is 2.42. The van der Waals surface area contributed by atoms with E-state index in [1.165, 1.54) is 0 Å². The van der Waals surface area contributed by atoms with Crippen LogP contribution in [0.5, 0.6) is 0 Å². The first kappa shape index (κ1) is 13.3. The van der Waals surface area contributed by atoms with E-state index in [9.17, 15) is 9.59 Å². The van der Waals surface area contributed by atoms with E-state index in [2.05, 4.69) is 4.90 Å². The van der Waals surface area contributed by atoms with Crippen LogP contribution in [0.4, 0.5) is 0 Å². The van der Waals surface area contributed by atoms with Gasteiger partial charge in [0.2, 0.25) is 0 Å².